The third-order valence-corrected chi connectivity index (χ3v) is 7.77. The average molecular weight is 594 g/mol. The van der Waals surface area contributed by atoms with Crippen LogP contribution in [0, 0.1) is 21.4 Å². The zero-order valence-electron chi connectivity index (χ0n) is 18.8. The monoisotopic (exact) mass is 593 g/mol. The van der Waals surface area contributed by atoms with Crippen LogP contribution in [-0.2, 0) is 16.9 Å². The van der Waals surface area contributed by atoms with E-state index in [1.54, 1.807) is 18.2 Å². The number of nitrogens with zero attached hydrogens (tertiary/aromatic N) is 5. The summed E-state index contributed by atoms with van der Waals surface area (Å²) in [4.78, 5) is 23.2. The van der Waals surface area contributed by atoms with Crippen molar-refractivity contribution in [3.8, 4) is 6.07 Å². The van der Waals surface area contributed by atoms with Crippen LogP contribution in [0.1, 0.15) is 39.8 Å². The number of nitro groups is 1. The molecule has 0 aliphatic carbocycles. The van der Waals surface area contributed by atoms with Crippen LogP contribution >= 0.6 is 27.3 Å². The predicted molar refractivity (Wildman–Crippen MR) is 130 cm³/mol. The number of hydrogen-bond acceptors (Lipinski definition) is 8. The van der Waals surface area contributed by atoms with Crippen molar-refractivity contribution in [3.63, 3.8) is 0 Å². The molecule has 2 aromatic heterocycles. The number of nitriles is 1. The van der Waals surface area contributed by atoms with Gasteiger partial charge in [0, 0.05) is 22.2 Å². The van der Waals surface area contributed by atoms with E-state index in [4.69, 9.17) is 4.74 Å². The Labute approximate surface area is 219 Å². The Morgan fingerprint density at radius 3 is 2.57 bits per heavy atom. The Morgan fingerprint density at radius 1 is 1.27 bits per heavy atom. The Kier molecular flexibility index (Phi) is 7.03. The molecule has 9 nitrogen and oxygen atoms in total. The predicted octanol–water partition coefficient (Wildman–Crippen LogP) is 6.11. The van der Waals surface area contributed by atoms with Crippen LogP contribution < -0.4 is 0 Å². The van der Waals surface area contributed by atoms with E-state index < -0.39 is 34.8 Å². The Bertz CT molecular complexity index is 1540. The normalized spacial score (nSPS) is 13.2. The van der Waals surface area contributed by atoms with Gasteiger partial charge >= 0.3 is 12.1 Å². The number of halogens is 4. The average Bonchev–Trinajstić information content (AvgIpc) is 3.45. The highest BCUT2D eigenvalue weighted by atomic mass is 79.9. The van der Waals surface area contributed by atoms with Crippen LogP contribution in [0.15, 0.2) is 53.1 Å². The lowest BCUT2D eigenvalue weighted by Crippen LogP contribution is -2.46. The molecule has 1 atom stereocenters. The summed E-state index contributed by atoms with van der Waals surface area (Å²) in [6, 6.07) is 11.5. The third kappa shape index (κ3) is 4.92. The van der Waals surface area contributed by atoms with Gasteiger partial charge in [-0.05, 0) is 46.1 Å². The first kappa shape index (κ1) is 26.2. The number of aromatic nitrogens is 3. The molecule has 0 fully saturated rings. The summed E-state index contributed by atoms with van der Waals surface area (Å²) in [5.74, 6) is -1.31. The number of non-ortho nitro benzene ring substituents is 1. The van der Waals surface area contributed by atoms with Gasteiger partial charge in [-0.3, -0.25) is 10.1 Å². The van der Waals surface area contributed by atoms with Crippen LogP contribution in [0.2, 0.25) is 0 Å². The summed E-state index contributed by atoms with van der Waals surface area (Å²) in [5.41, 5.74) is -3.60. The third-order valence-electron chi connectivity index (χ3n) is 5.63. The number of ether oxygens (including phenoxy) is 1. The molecule has 0 N–H and O–H groups in total. The highest BCUT2D eigenvalue weighted by Gasteiger charge is 2.60. The second kappa shape index (κ2) is 9.91. The van der Waals surface area contributed by atoms with Gasteiger partial charge in [-0.25, -0.2) is 9.48 Å². The maximum Gasteiger partial charge on any atom is 0.434 e. The first-order valence-corrected chi connectivity index (χ1v) is 12.2. The molecule has 0 aliphatic heterocycles. The van der Waals surface area contributed by atoms with E-state index in [1.807, 2.05) is 0 Å². The van der Waals surface area contributed by atoms with Crippen LogP contribution in [0.25, 0.3) is 10.1 Å². The fourth-order valence-corrected chi connectivity index (χ4v) is 5.44. The minimum Gasteiger partial charge on any atom is -0.439 e. The zero-order chi connectivity index (χ0) is 27.0. The molecule has 0 amide bonds. The minimum absolute atomic E-state index is 0.0777. The molecule has 0 radical (unpaired) electrons. The number of alkyl halides is 3. The van der Waals surface area contributed by atoms with Crippen molar-refractivity contribution in [2.75, 3.05) is 0 Å². The number of esters is 1. The number of carbonyl (C=O) groups excluding carboxylic acids is 1. The zero-order valence-corrected chi connectivity index (χ0v) is 21.2. The lowest BCUT2D eigenvalue weighted by Gasteiger charge is -2.32. The summed E-state index contributed by atoms with van der Waals surface area (Å²) >= 11 is 4.66. The fourth-order valence-electron chi connectivity index (χ4n) is 3.67. The van der Waals surface area contributed by atoms with Crippen LogP contribution in [0.4, 0.5) is 18.9 Å². The number of nitro benzene ring substituents is 1. The van der Waals surface area contributed by atoms with E-state index in [2.05, 4.69) is 32.3 Å². The quantitative estimate of drug-likeness (QED) is 0.144. The Balaban J connectivity index is 1.63. The number of thiophene rings is 1. The van der Waals surface area contributed by atoms with Gasteiger partial charge in [0.1, 0.15) is 16.6 Å². The van der Waals surface area contributed by atoms with Gasteiger partial charge in [0.05, 0.1) is 27.7 Å². The molecule has 2 heterocycles. The molecule has 14 heteroatoms. The van der Waals surface area contributed by atoms with Gasteiger partial charge < -0.3 is 4.74 Å². The molecule has 2 aromatic carbocycles. The van der Waals surface area contributed by atoms with E-state index in [0.717, 1.165) is 40.5 Å². The summed E-state index contributed by atoms with van der Waals surface area (Å²) in [7, 11) is 0. The van der Waals surface area contributed by atoms with Crippen molar-refractivity contribution < 1.29 is 27.6 Å². The van der Waals surface area contributed by atoms with E-state index in [9.17, 15) is 33.3 Å². The molecule has 4 rings (SSSR count). The molecule has 190 valence electrons. The van der Waals surface area contributed by atoms with Crippen molar-refractivity contribution in [1.29, 1.82) is 5.26 Å². The molecular weight excluding hydrogens is 579 g/mol. The van der Waals surface area contributed by atoms with Crippen LogP contribution in [0.5, 0.6) is 0 Å². The first-order valence-electron chi connectivity index (χ1n) is 10.5. The second-order valence-electron chi connectivity index (χ2n) is 7.86. The lowest BCUT2D eigenvalue weighted by atomic mass is 9.95. The van der Waals surface area contributed by atoms with Crippen molar-refractivity contribution in [2.24, 2.45) is 0 Å². The van der Waals surface area contributed by atoms with Crippen molar-refractivity contribution in [1.82, 2.24) is 15.0 Å². The highest BCUT2D eigenvalue weighted by Crippen LogP contribution is 2.44. The maximum absolute atomic E-state index is 14.3. The number of rotatable bonds is 7. The van der Waals surface area contributed by atoms with E-state index in [0.29, 0.717) is 14.9 Å². The van der Waals surface area contributed by atoms with E-state index >= 15 is 0 Å². The van der Waals surface area contributed by atoms with Crippen LogP contribution in [-0.4, -0.2) is 32.1 Å². The number of hydrogen-bond donors (Lipinski definition) is 0. The van der Waals surface area contributed by atoms with E-state index in [-0.39, 0.29) is 17.8 Å². The number of benzene rings is 2. The van der Waals surface area contributed by atoms with Gasteiger partial charge in [0.2, 0.25) is 0 Å². The Morgan fingerprint density at radius 2 is 1.97 bits per heavy atom. The molecule has 0 bridgehead atoms. The molecule has 1 unspecified atom stereocenters. The number of carbonyl (C=O) groups is 1. The summed E-state index contributed by atoms with van der Waals surface area (Å²) in [6.45, 7) is 1.28. The first-order chi connectivity index (χ1) is 17.5. The molecule has 0 aliphatic rings. The molecule has 0 spiro atoms. The number of fused-ring (bicyclic) bond motifs is 1. The van der Waals surface area contributed by atoms with Gasteiger partial charge in [0.25, 0.3) is 11.3 Å². The standard InChI is InChI=1S/C23H15BrF3N5O4S/c1-2-22(23(25,26)27,36-21(33)14-4-6-15(7-5-14)32(34)35)19-12-31(30-29-19)11-13-3-8-16-17(9-13)37-18(10-28)20(16)24/h3-9,12H,2,11H2,1H3. The maximum atomic E-state index is 14.3. The van der Waals surface area contributed by atoms with Gasteiger partial charge in [0.15, 0.2) is 0 Å². The molecular formula is C23H15BrF3N5O4S. The smallest absolute Gasteiger partial charge is 0.434 e. The van der Waals surface area contributed by atoms with Crippen molar-refractivity contribution in [2.45, 2.75) is 31.7 Å². The molecule has 37 heavy (non-hydrogen) atoms. The van der Waals surface area contributed by atoms with Crippen molar-refractivity contribution >= 4 is 49.0 Å². The van der Waals surface area contributed by atoms with Gasteiger partial charge in [-0.1, -0.05) is 24.3 Å². The molecule has 0 saturated heterocycles. The Hall–Kier alpha value is -3.83. The second-order valence-corrected chi connectivity index (χ2v) is 9.71. The largest absolute Gasteiger partial charge is 0.439 e. The molecule has 4 aromatic rings. The van der Waals surface area contributed by atoms with E-state index in [1.165, 1.54) is 22.9 Å². The minimum atomic E-state index is -5.03. The highest BCUT2D eigenvalue weighted by molar-refractivity contribution is 9.10. The molecule has 0 saturated carbocycles. The van der Waals surface area contributed by atoms with Gasteiger partial charge in [-0.2, -0.15) is 18.4 Å². The topological polar surface area (TPSA) is 124 Å². The van der Waals surface area contributed by atoms with Crippen molar-refractivity contribution in [3.05, 3.63) is 84.9 Å². The summed E-state index contributed by atoms with van der Waals surface area (Å²) in [6.07, 6.45) is -4.65. The SMILES string of the molecule is CCC(OC(=O)c1ccc([N+](=O)[O-])cc1)(c1cn(Cc2ccc3c(Br)c(C#N)sc3c2)nn1)C(F)(F)F. The fraction of sp³-hybridized carbons (Fsp3) is 0.217. The lowest BCUT2D eigenvalue weighted by molar-refractivity contribution is -0.384. The van der Waals surface area contributed by atoms with Crippen LogP contribution in [0.3, 0.4) is 0 Å². The summed E-state index contributed by atoms with van der Waals surface area (Å²) < 4.78 is 50.6. The summed E-state index contributed by atoms with van der Waals surface area (Å²) in [5, 5.41) is 28.4. The van der Waals surface area contributed by atoms with Gasteiger partial charge in [-0.15, -0.1) is 16.4 Å².